The number of allylic oxidation sites excluding steroid dienone is 2. The Bertz CT molecular complexity index is 529. The third-order valence-electron chi connectivity index (χ3n) is 3.26. The van der Waals surface area contributed by atoms with Gasteiger partial charge < -0.3 is 4.74 Å². The summed E-state index contributed by atoms with van der Waals surface area (Å²) >= 11 is 6.06. The zero-order valence-electron chi connectivity index (χ0n) is 11.6. The van der Waals surface area contributed by atoms with Crippen LogP contribution in [0.4, 0.5) is 0 Å². The lowest BCUT2D eigenvalue weighted by molar-refractivity contribution is -0.118. The number of ketones is 1. The highest BCUT2D eigenvalue weighted by Crippen LogP contribution is 2.38. The van der Waals surface area contributed by atoms with E-state index in [-0.39, 0.29) is 16.2 Å². The van der Waals surface area contributed by atoms with Crippen molar-refractivity contribution >= 4 is 17.4 Å². The Kier molecular flexibility index (Phi) is 4.00. The molecule has 2 rings (SSSR count). The smallest absolute Gasteiger partial charge is 0.178 e. The van der Waals surface area contributed by atoms with Gasteiger partial charge in [0, 0.05) is 12.8 Å². The van der Waals surface area contributed by atoms with Crippen LogP contribution in [0.15, 0.2) is 35.1 Å². The minimum atomic E-state index is -0.0720. The molecule has 0 bridgehead atoms. The van der Waals surface area contributed by atoms with Gasteiger partial charge in [0.05, 0.1) is 0 Å². The Labute approximate surface area is 119 Å². The second-order valence-corrected chi connectivity index (χ2v) is 6.33. The van der Waals surface area contributed by atoms with Crippen LogP contribution in [0.1, 0.15) is 37.8 Å². The zero-order chi connectivity index (χ0) is 14.0. The highest BCUT2D eigenvalue weighted by molar-refractivity contribution is 6.43. The van der Waals surface area contributed by atoms with E-state index in [1.165, 1.54) is 5.56 Å². The first kappa shape index (κ1) is 14.1. The summed E-state index contributed by atoms with van der Waals surface area (Å²) in [6.07, 6.45) is 1.20. The van der Waals surface area contributed by atoms with Gasteiger partial charge in [-0.25, -0.2) is 0 Å². The second kappa shape index (κ2) is 5.38. The third-order valence-corrected chi connectivity index (χ3v) is 3.68. The van der Waals surface area contributed by atoms with Crippen LogP contribution in [0.5, 0.6) is 0 Å². The van der Waals surface area contributed by atoms with E-state index in [0.29, 0.717) is 25.2 Å². The molecular formula is C16H19ClO2. The summed E-state index contributed by atoms with van der Waals surface area (Å²) in [5, 5.41) is 0.270. The average Bonchev–Trinajstić information content (AvgIpc) is 2.31. The van der Waals surface area contributed by atoms with Crippen molar-refractivity contribution in [2.24, 2.45) is 5.41 Å². The van der Waals surface area contributed by atoms with Crippen molar-refractivity contribution in [3.05, 3.63) is 46.2 Å². The van der Waals surface area contributed by atoms with Crippen LogP contribution >= 0.6 is 11.6 Å². The average molecular weight is 279 g/mol. The molecule has 1 aliphatic rings. The molecule has 0 aromatic heterocycles. The maximum Gasteiger partial charge on any atom is 0.178 e. The predicted octanol–water partition coefficient (Wildman–Crippen LogP) is 4.35. The highest BCUT2D eigenvalue weighted by atomic mass is 35.5. The first-order valence-corrected chi connectivity index (χ1v) is 6.85. The number of hydrogen-bond acceptors (Lipinski definition) is 2. The van der Waals surface area contributed by atoms with Crippen molar-refractivity contribution in [2.45, 2.75) is 40.2 Å². The molecule has 0 radical (unpaired) electrons. The van der Waals surface area contributed by atoms with E-state index in [2.05, 4.69) is 19.9 Å². The number of rotatable bonds is 3. The number of hydrogen-bond donors (Lipinski definition) is 0. The Hall–Kier alpha value is -1.28. The summed E-state index contributed by atoms with van der Waals surface area (Å²) in [5.41, 5.74) is 2.21. The predicted molar refractivity (Wildman–Crippen MR) is 76.9 cm³/mol. The molecule has 0 aliphatic heterocycles. The lowest BCUT2D eigenvalue weighted by Gasteiger charge is -2.30. The van der Waals surface area contributed by atoms with E-state index < -0.39 is 0 Å². The molecule has 0 spiro atoms. The van der Waals surface area contributed by atoms with Crippen LogP contribution in [0.3, 0.4) is 0 Å². The van der Waals surface area contributed by atoms with Gasteiger partial charge in [-0.05, 0) is 17.9 Å². The van der Waals surface area contributed by atoms with Crippen molar-refractivity contribution in [1.82, 2.24) is 0 Å². The van der Waals surface area contributed by atoms with Crippen LogP contribution in [0, 0.1) is 12.3 Å². The summed E-state index contributed by atoms with van der Waals surface area (Å²) in [6, 6.07) is 8.13. The number of carbonyl (C=O) groups is 1. The molecule has 0 amide bonds. The Morgan fingerprint density at radius 2 is 2.05 bits per heavy atom. The molecule has 0 heterocycles. The molecule has 2 nitrogen and oxygen atoms in total. The molecule has 0 saturated heterocycles. The Balaban J connectivity index is 2.10. The molecule has 1 aromatic rings. The zero-order valence-corrected chi connectivity index (χ0v) is 12.4. The van der Waals surface area contributed by atoms with Gasteiger partial charge in [-0.15, -0.1) is 0 Å². The summed E-state index contributed by atoms with van der Waals surface area (Å²) in [6.45, 7) is 6.62. The van der Waals surface area contributed by atoms with Crippen molar-refractivity contribution in [3.8, 4) is 0 Å². The first-order valence-electron chi connectivity index (χ1n) is 6.48. The van der Waals surface area contributed by atoms with Gasteiger partial charge in [0.15, 0.2) is 5.78 Å². The van der Waals surface area contributed by atoms with Crippen LogP contribution in [0.25, 0.3) is 0 Å². The van der Waals surface area contributed by atoms with E-state index in [1.54, 1.807) is 0 Å². The first-order chi connectivity index (χ1) is 8.87. The number of carbonyl (C=O) groups excluding carboxylic acids is 1. The number of ether oxygens (including phenoxy) is 1. The van der Waals surface area contributed by atoms with Gasteiger partial charge in [-0.3, -0.25) is 4.79 Å². The Morgan fingerprint density at radius 3 is 2.74 bits per heavy atom. The summed E-state index contributed by atoms with van der Waals surface area (Å²) in [5.74, 6) is 0.613. The van der Waals surface area contributed by atoms with Crippen molar-refractivity contribution in [3.63, 3.8) is 0 Å². The minimum absolute atomic E-state index is 0.0165. The van der Waals surface area contributed by atoms with Gasteiger partial charge in [0.25, 0.3) is 0 Å². The third kappa shape index (κ3) is 3.60. The molecule has 102 valence electrons. The van der Waals surface area contributed by atoms with Crippen LogP contribution in [-0.2, 0) is 16.1 Å². The lowest BCUT2D eigenvalue weighted by atomic mass is 9.79. The standard InChI is InChI=1S/C16H19ClO2/c1-11-5-4-6-12(7-11)10-19-14-9-16(2,3)8-13(18)15(14)17/h4-7H,8-10H2,1-3H3. The molecule has 1 aliphatic carbocycles. The molecule has 3 heteroatoms. The van der Waals surface area contributed by atoms with Gasteiger partial charge >= 0.3 is 0 Å². The van der Waals surface area contributed by atoms with Gasteiger partial charge in [-0.2, -0.15) is 0 Å². The molecule has 0 atom stereocenters. The topological polar surface area (TPSA) is 26.3 Å². The minimum Gasteiger partial charge on any atom is -0.492 e. The molecule has 19 heavy (non-hydrogen) atoms. The highest BCUT2D eigenvalue weighted by Gasteiger charge is 2.33. The van der Waals surface area contributed by atoms with E-state index in [0.717, 1.165) is 5.56 Å². The normalized spacial score (nSPS) is 18.6. The fourth-order valence-electron chi connectivity index (χ4n) is 2.33. The fraction of sp³-hybridized carbons (Fsp3) is 0.438. The lowest BCUT2D eigenvalue weighted by Crippen LogP contribution is -2.25. The second-order valence-electron chi connectivity index (χ2n) is 5.96. The van der Waals surface area contributed by atoms with E-state index >= 15 is 0 Å². The maximum atomic E-state index is 11.8. The maximum absolute atomic E-state index is 11.8. The van der Waals surface area contributed by atoms with Crippen molar-refractivity contribution < 1.29 is 9.53 Å². The number of halogens is 1. The van der Waals surface area contributed by atoms with Crippen LogP contribution < -0.4 is 0 Å². The summed E-state index contributed by atoms with van der Waals surface area (Å²) in [4.78, 5) is 11.8. The molecule has 0 unspecified atom stereocenters. The number of Topliss-reactive ketones (excluding diaryl/α,β-unsaturated/α-hetero) is 1. The van der Waals surface area contributed by atoms with E-state index in [9.17, 15) is 4.79 Å². The Morgan fingerprint density at radius 1 is 1.32 bits per heavy atom. The van der Waals surface area contributed by atoms with E-state index in [1.807, 2.05) is 25.1 Å². The van der Waals surface area contributed by atoms with Crippen molar-refractivity contribution in [1.29, 1.82) is 0 Å². The van der Waals surface area contributed by atoms with Crippen LogP contribution in [-0.4, -0.2) is 5.78 Å². The number of benzene rings is 1. The largest absolute Gasteiger partial charge is 0.492 e. The van der Waals surface area contributed by atoms with Gasteiger partial charge in [0.2, 0.25) is 0 Å². The van der Waals surface area contributed by atoms with Gasteiger partial charge in [-0.1, -0.05) is 55.3 Å². The number of aryl methyl sites for hydroxylation is 1. The summed E-state index contributed by atoms with van der Waals surface area (Å²) in [7, 11) is 0. The summed E-state index contributed by atoms with van der Waals surface area (Å²) < 4.78 is 5.77. The molecular weight excluding hydrogens is 260 g/mol. The SMILES string of the molecule is Cc1cccc(COC2=C(Cl)C(=O)CC(C)(C)C2)c1. The van der Waals surface area contributed by atoms with Crippen molar-refractivity contribution in [2.75, 3.05) is 0 Å². The van der Waals surface area contributed by atoms with Gasteiger partial charge in [0.1, 0.15) is 17.4 Å². The quantitative estimate of drug-likeness (QED) is 0.821. The molecule has 0 N–H and O–H groups in total. The fourth-order valence-corrected chi connectivity index (χ4v) is 2.52. The molecule has 0 saturated carbocycles. The monoisotopic (exact) mass is 278 g/mol. The molecule has 0 fully saturated rings. The van der Waals surface area contributed by atoms with E-state index in [4.69, 9.17) is 16.3 Å². The van der Waals surface area contributed by atoms with Crippen LogP contribution in [0.2, 0.25) is 0 Å². The molecule has 1 aromatic carbocycles.